The molecule has 0 aliphatic carbocycles. The largest absolute Gasteiger partial charge is 0.399 e. The molecule has 5 aromatic carbocycles. The van der Waals surface area contributed by atoms with E-state index in [9.17, 15) is 4.79 Å². The van der Waals surface area contributed by atoms with Gasteiger partial charge in [-0.15, -0.1) is 24.8 Å². The normalized spacial score (nSPS) is 10.7. The second-order valence-corrected chi connectivity index (χ2v) is 11.6. The van der Waals surface area contributed by atoms with Crippen LogP contribution in [0.25, 0.3) is 21.8 Å². The lowest BCUT2D eigenvalue weighted by molar-refractivity contribution is -0.118. The fraction of sp³-hybridized carbons (Fsp3) is 0.184. The molecule has 5 N–H and O–H groups in total. The van der Waals surface area contributed by atoms with E-state index in [-0.39, 0.29) is 36.6 Å². The quantitative estimate of drug-likeness (QED) is 0.0744. The molecule has 6 aromatic rings. The van der Waals surface area contributed by atoms with Crippen LogP contribution in [0.2, 0.25) is 0 Å². The Balaban J connectivity index is 0.00000250. The predicted molar refractivity (Wildman–Crippen MR) is 199 cm³/mol. The first-order valence-corrected chi connectivity index (χ1v) is 15.4. The van der Waals surface area contributed by atoms with Crippen molar-refractivity contribution in [1.82, 2.24) is 9.55 Å². The number of aryl methyl sites for hydroxylation is 4. The van der Waals surface area contributed by atoms with Gasteiger partial charge in [-0.2, -0.15) is 0 Å². The average Bonchev–Trinajstić information content (AvgIpc) is 3.37. The molecule has 0 unspecified atom stereocenters. The summed E-state index contributed by atoms with van der Waals surface area (Å²) in [4.78, 5) is 20.8. The van der Waals surface area contributed by atoms with E-state index in [1.54, 1.807) is 0 Å². The second kappa shape index (κ2) is 15.6. The molecule has 6 rings (SSSR count). The molecule has 0 atom stereocenters. The molecular weight excluding hydrogens is 627 g/mol. The van der Waals surface area contributed by atoms with E-state index in [1.165, 1.54) is 11.1 Å². The van der Waals surface area contributed by atoms with Gasteiger partial charge in [0.15, 0.2) is 0 Å². The van der Waals surface area contributed by atoms with Gasteiger partial charge in [0.05, 0.1) is 17.6 Å². The SMILES string of the molecule is Cl.Cl.Cn1c(CCc2ccc(C(=N)N)cc2)nc2cc(N(Cc3cccc4ccccc34)C(=O)CCCc3ccc(N)cc3)ccc21. The maximum absolute atomic E-state index is 13.9. The minimum Gasteiger partial charge on any atom is -0.399 e. The van der Waals surface area contributed by atoms with E-state index >= 15 is 0 Å². The van der Waals surface area contributed by atoms with E-state index in [1.807, 2.05) is 84.7 Å². The smallest absolute Gasteiger partial charge is 0.227 e. The molecule has 0 saturated carbocycles. The zero-order chi connectivity index (χ0) is 31.3. The number of nitrogen functional groups attached to an aromatic ring is 2. The van der Waals surface area contributed by atoms with Gasteiger partial charge >= 0.3 is 0 Å². The lowest BCUT2D eigenvalue weighted by atomic mass is 10.0. The topological polar surface area (TPSA) is 114 Å². The number of carbonyl (C=O) groups is 1. The lowest BCUT2D eigenvalue weighted by Gasteiger charge is -2.24. The number of fused-ring (bicyclic) bond motifs is 2. The van der Waals surface area contributed by atoms with Crippen molar-refractivity contribution in [3.63, 3.8) is 0 Å². The summed E-state index contributed by atoms with van der Waals surface area (Å²) in [5, 5.41) is 9.92. The highest BCUT2D eigenvalue weighted by molar-refractivity contribution is 5.97. The Kier molecular flexibility index (Phi) is 11.6. The first kappa shape index (κ1) is 35.0. The summed E-state index contributed by atoms with van der Waals surface area (Å²) in [6.45, 7) is 0.476. The molecule has 1 heterocycles. The fourth-order valence-corrected chi connectivity index (χ4v) is 5.92. The first-order chi connectivity index (χ1) is 21.9. The van der Waals surface area contributed by atoms with Crippen LogP contribution >= 0.6 is 24.8 Å². The third-order valence-electron chi connectivity index (χ3n) is 8.52. The van der Waals surface area contributed by atoms with Crippen molar-refractivity contribution >= 4 is 69.7 Å². The van der Waals surface area contributed by atoms with Crippen molar-refractivity contribution in [2.75, 3.05) is 10.6 Å². The van der Waals surface area contributed by atoms with E-state index in [4.69, 9.17) is 21.9 Å². The number of benzene rings is 5. The van der Waals surface area contributed by atoms with Crippen LogP contribution in [0.15, 0.2) is 109 Å². The molecule has 0 saturated heterocycles. The molecule has 0 aliphatic rings. The minimum atomic E-state index is 0. The third kappa shape index (κ3) is 8.12. The molecule has 0 fully saturated rings. The molecule has 242 valence electrons. The highest BCUT2D eigenvalue weighted by atomic mass is 35.5. The lowest BCUT2D eigenvalue weighted by Crippen LogP contribution is -2.30. The molecule has 7 nitrogen and oxygen atoms in total. The fourth-order valence-electron chi connectivity index (χ4n) is 5.92. The highest BCUT2D eigenvalue weighted by Gasteiger charge is 2.19. The van der Waals surface area contributed by atoms with E-state index in [0.29, 0.717) is 13.0 Å². The number of anilines is 2. The minimum absolute atomic E-state index is 0. The van der Waals surface area contributed by atoms with Crippen molar-refractivity contribution < 1.29 is 4.79 Å². The first-order valence-electron chi connectivity index (χ1n) is 15.4. The van der Waals surface area contributed by atoms with Crippen molar-refractivity contribution in [1.29, 1.82) is 5.41 Å². The Hall–Kier alpha value is -4.85. The van der Waals surface area contributed by atoms with Crippen molar-refractivity contribution in [3.8, 4) is 0 Å². The van der Waals surface area contributed by atoms with Gasteiger partial charge < -0.3 is 20.9 Å². The van der Waals surface area contributed by atoms with Crippen LogP contribution < -0.4 is 16.4 Å². The molecule has 1 amide bonds. The number of amidine groups is 1. The molecule has 9 heteroatoms. The molecule has 0 aliphatic heterocycles. The predicted octanol–water partition coefficient (Wildman–Crippen LogP) is 7.78. The van der Waals surface area contributed by atoms with Crippen molar-refractivity contribution in [2.24, 2.45) is 12.8 Å². The molecule has 47 heavy (non-hydrogen) atoms. The number of imidazole rings is 1. The number of nitrogens with zero attached hydrogens (tertiary/aromatic N) is 3. The van der Waals surface area contributed by atoms with E-state index in [0.717, 1.165) is 75.8 Å². The Morgan fingerprint density at radius 3 is 2.26 bits per heavy atom. The molecule has 0 bridgehead atoms. The van der Waals surface area contributed by atoms with Gasteiger partial charge in [0, 0.05) is 36.8 Å². The summed E-state index contributed by atoms with van der Waals surface area (Å²) in [5.74, 6) is 1.14. The zero-order valence-corrected chi connectivity index (χ0v) is 28.0. The van der Waals surface area contributed by atoms with Crippen molar-refractivity contribution in [2.45, 2.75) is 38.6 Å². The number of aromatic nitrogens is 2. The molecular formula is C38H40Cl2N6O. The van der Waals surface area contributed by atoms with Gasteiger partial charge in [-0.05, 0) is 77.1 Å². The van der Waals surface area contributed by atoms with Gasteiger partial charge in [-0.25, -0.2) is 4.98 Å². The Morgan fingerprint density at radius 1 is 0.830 bits per heavy atom. The van der Waals surface area contributed by atoms with Crippen LogP contribution in [0, 0.1) is 5.41 Å². The van der Waals surface area contributed by atoms with Crippen LogP contribution in [0.3, 0.4) is 0 Å². The molecule has 0 radical (unpaired) electrons. The van der Waals surface area contributed by atoms with Crippen LogP contribution in [0.5, 0.6) is 0 Å². The average molecular weight is 668 g/mol. The van der Waals surface area contributed by atoms with Gasteiger partial charge in [-0.1, -0.05) is 78.9 Å². The van der Waals surface area contributed by atoms with E-state index < -0.39 is 0 Å². The summed E-state index contributed by atoms with van der Waals surface area (Å²) in [5.41, 5.74) is 19.1. The summed E-state index contributed by atoms with van der Waals surface area (Å²) in [6.07, 6.45) is 3.58. The van der Waals surface area contributed by atoms with Gasteiger partial charge in [0.2, 0.25) is 5.91 Å². The number of carbonyl (C=O) groups excluding carboxylic acids is 1. The van der Waals surface area contributed by atoms with Crippen LogP contribution in [0.4, 0.5) is 11.4 Å². The molecule has 0 spiro atoms. The van der Waals surface area contributed by atoms with Crippen LogP contribution in [-0.4, -0.2) is 21.3 Å². The van der Waals surface area contributed by atoms with Crippen LogP contribution in [0.1, 0.15) is 40.9 Å². The summed E-state index contributed by atoms with van der Waals surface area (Å²) < 4.78 is 2.13. The Morgan fingerprint density at radius 2 is 1.51 bits per heavy atom. The van der Waals surface area contributed by atoms with E-state index in [2.05, 4.69) is 41.0 Å². The Labute approximate surface area is 287 Å². The number of hydrogen-bond donors (Lipinski definition) is 3. The second-order valence-electron chi connectivity index (χ2n) is 11.6. The monoisotopic (exact) mass is 666 g/mol. The summed E-state index contributed by atoms with van der Waals surface area (Å²) in [7, 11) is 2.04. The van der Waals surface area contributed by atoms with Gasteiger partial charge in [0.1, 0.15) is 11.7 Å². The molecule has 1 aromatic heterocycles. The highest BCUT2D eigenvalue weighted by Crippen LogP contribution is 2.28. The third-order valence-corrected chi connectivity index (χ3v) is 8.52. The number of hydrogen-bond acceptors (Lipinski definition) is 4. The maximum Gasteiger partial charge on any atom is 0.227 e. The standard InChI is InChI=1S/C38H38N6O.2ClH/c1-43-35-22-21-32(24-34(35)42-36(43)23-16-27-12-17-29(18-13-27)38(40)41)44(25-30-9-5-8-28-7-2-3-10-33(28)30)37(45)11-4-6-26-14-19-31(39)20-15-26;;/h2-3,5,7-10,12-15,17-22,24H,4,6,11,16,23,25,39H2,1H3,(H3,40,41);2*1H. The maximum atomic E-state index is 13.9. The van der Waals surface area contributed by atoms with Crippen molar-refractivity contribution in [3.05, 3.63) is 137 Å². The van der Waals surface area contributed by atoms with Gasteiger partial charge in [0.25, 0.3) is 0 Å². The number of amides is 1. The zero-order valence-electron chi connectivity index (χ0n) is 26.4. The Bertz CT molecular complexity index is 1980. The summed E-state index contributed by atoms with van der Waals surface area (Å²) in [6, 6.07) is 36.4. The number of nitrogens with two attached hydrogens (primary N) is 2. The number of rotatable bonds is 11. The van der Waals surface area contributed by atoms with Crippen LogP contribution in [-0.2, 0) is 37.6 Å². The number of halogens is 2. The number of nitrogens with one attached hydrogen (secondary N) is 1. The van der Waals surface area contributed by atoms with Gasteiger partial charge in [-0.3, -0.25) is 10.2 Å². The summed E-state index contributed by atoms with van der Waals surface area (Å²) >= 11 is 0.